The molecule has 2 heterocycles. The number of aryl methyl sites for hydroxylation is 1. The van der Waals surface area contributed by atoms with Gasteiger partial charge in [0.15, 0.2) is 16.9 Å². The maximum absolute atomic E-state index is 11.9. The fraction of sp³-hybridized carbons (Fsp3) is 0.231. The van der Waals surface area contributed by atoms with E-state index >= 15 is 0 Å². The molecule has 0 spiro atoms. The number of ether oxygens (including phenoxy) is 1. The zero-order valence-corrected chi connectivity index (χ0v) is 10.3. The molecule has 1 aromatic heterocycles. The molecule has 1 aliphatic heterocycles. The van der Waals surface area contributed by atoms with Gasteiger partial charge in [-0.15, -0.1) is 0 Å². The molecule has 0 saturated heterocycles. The van der Waals surface area contributed by atoms with Crippen molar-refractivity contribution >= 4 is 16.6 Å². The monoisotopic (exact) mass is 260 g/mol. The summed E-state index contributed by atoms with van der Waals surface area (Å²) in [6.45, 7) is 0.592. The van der Waals surface area contributed by atoms with Crippen LogP contribution in [0.1, 0.15) is 12.0 Å². The van der Waals surface area contributed by atoms with E-state index in [4.69, 9.17) is 9.94 Å². The van der Waals surface area contributed by atoms with E-state index in [0.717, 1.165) is 0 Å². The number of pyridine rings is 1. The predicted molar refractivity (Wildman–Crippen MR) is 69.4 cm³/mol. The number of hydrogen-bond donors (Lipinski definition) is 2. The van der Waals surface area contributed by atoms with Crippen LogP contribution >= 0.6 is 0 Å². The van der Waals surface area contributed by atoms with Gasteiger partial charge in [-0.05, 0) is 6.07 Å². The Labute approximate surface area is 108 Å². The van der Waals surface area contributed by atoms with Crippen molar-refractivity contribution in [3.63, 3.8) is 0 Å². The first-order chi connectivity index (χ1) is 9.17. The molecule has 1 aromatic carbocycles. The summed E-state index contributed by atoms with van der Waals surface area (Å²) in [4.78, 5) is 11.9. The van der Waals surface area contributed by atoms with Gasteiger partial charge in [0.05, 0.1) is 29.3 Å². The maximum atomic E-state index is 11.9. The molecule has 0 unspecified atom stereocenters. The van der Waals surface area contributed by atoms with Crippen LogP contribution in [-0.2, 0) is 6.54 Å². The maximum Gasteiger partial charge on any atom is 0.189 e. The number of benzene rings is 1. The van der Waals surface area contributed by atoms with Crippen molar-refractivity contribution in [1.29, 1.82) is 0 Å². The third-order valence-corrected chi connectivity index (χ3v) is 3.41. The molecule has 6 heteroatoms. The van der Waals surface area contributed by atoms with Gasteiger partial charge in [-0.25, -0.2) is 0 Å². The standard InChI is InChI=1S/C13H12N2O4/c1-19-10-6-7-9(16)3-5-15-4-2-8(14-18)11(12(7)15)13(10)17/h3,5-6,17-18H,2,4H2,1H3/b14-8+. The average molecular weight is 260 g/mol. The lowest BCUT2D eigenvalue weighted by Crippen LogP contribution is -2.20. The van der Waals surface area contributed by atoms with Gasteiger partial charge in [0, 0.05) is 25.2 Å². The molecule has 0 fully saturated rings. The number of methoxy groups -OCH3 is 1. The summed E-state index contributed by atoms with van der Waals surface area (Å²) in [5.41, 5.74) is 1.13. The van der Waals surface area contributed by atoms with E-state index in [9.17, 15) is 9.90 Å². The van der Waals surface area contributed by atoms with Crippen molar-refractivity contribution in [1.82, 2.24) is 4.57 Å². The van der Waals surface area contributed by atoms with Crippen LogP contribution in [0.25, 0.3) is 10.9 Å². The Kier molecular flexibility index (Phi) is 2.45. The second-order valence-corrected chi connectivity index (χ2v) is 4.37. The lowest BCUT2D eigenvalue weighted by Gasteiger charge is -2.22. The van der Waals surface area contributed by atoms with Gasteiger partial charge in [0.25, 0.3) is 0 Å². The van der Waals surface area contributed by atoms with E-state index in [0.29, 0.717) is 35.1 Å². The van der Waals surface area contributed by atoms with Crippen LogP contribution in [0, 0.1) is 0 Å². The Morgan fingerprint density at radius 2 is 2.26 bits per heavy atom. The third-order valence-electron chi connectivity index (χ3n) is 3.41. The average Bonchev–Trinajstić information content (AvgIpc) is 2.44. The Balaban J connectivity index is 2.57. The number of phenolic OH excluding ortho intramolecular Hbond substituents is 1. The Morgan fingerprint density at radius 3 is 2.95 bits per heavy atom. The lowest BCUT2D eigenvalue weighted by atomic mass is 9.97. The molecule has 0 radical (unpaired) electrons. The second kappa shape index (κ2) is 4.01. The fourth-order valence-electron chi connectivity index (χ4n) is 2.51. The van der Waals surface area contributed by atoms with Gasteiger partial charge in [-0.3, -0.25) is 4.79 Å². The molecule has 2 aromatic rings. The van der Waals surface area contributed by atoms with Crippen molar-refractivity contribution in [3.05, 3.63) is 34.1 Å². The normalized spacial score (nSPS) is 15.9. The van der Waals surface area contributed by atoms with E-state index in [2.05, 4.69) is 5.16 Å². The van der Waals surface area contributed by atoms with Crippen molar-refractivity contribution in [2.75, 3.05) is 7.11 Å². The minimum absolute atomic E-state index is 0.109. The van der Waals surface area contributed by atoms with Gasteiger partial charge < -0.3 is 19.6 Å². The zero-order valence-electron chi connectivity index (χ0n) is 10.3. The molecule has 0 aliphatic carbocycles. The molecule has 0 amide bonds. The quantitative estimate of drug-likeness (QED) is 0.598. The zero-order chi connectivity index (χ0) is 13.6. The molecule has 2 N–H and O–H groups in total. The summed E-state index contributed by atoms with van der Waals surface area (Å²) in [7, 11) is 1.41. The van der Waals surface area contributed by atoms with E-state index in [1.807, 2.05) is 4.57 Å². The molecule has 0 atom stereocenters. The summed E-state index contributed by atoms with van der Waals surface area (Å²) in [5, 5.41) is 22.9. The van der Waals surface area contributed by atoms with Crippen molar-refractivity contribution < 1.29 is 15.1 Å². The molecule has 98 valence electrons. The van der Waals surface area contributed by atoms with E-state index < -0.39 is 0 Å². The molecular formula is C13H12N2O4. The number of aromatic nitrogens is 1. The minimum atomic E-state index is -0.162. The third kappa shape index (κ3) is 1.49. The van der Waals surface area contributed by atoms with Crippen LogP contribution in [-0.4, -0.2) is 27.7 Å². The topological polar surface area (TPSA) is 84.0 Å². The van der Waals surface area contributed by atoms with E-state index in [1.165, 1.54) is 19.2 Å². The van der Waals surface area contributed by atoms with Crippen molar-refractivity contribution in [2.24, 2.45) is 5.16 Å². The highest BCUT2D eigenvalue weighted by Crippen LogP contribution is 2.38. The summed E-state index contributed by atoms with van der Waals surface area (Å²) >= 11 is 0. The molecule has 19 heavy (non-hydrogen) atoms. The Morgan fingerprint density at radius 1 is 1.47 bits per heavy atom. The van der Waals surface area contributed by atoms with E-state index in [-0.39, 0.29) is 16.9 Å². The van der Waals surface area contributed by atoms with Crippen LogP contribution < -0.4 is 10.2 Å². The van der Waals surface area contributed by atoms with Crippen LogP contribution in [0.15, 0.2) is 28.3 Å². The highest BCUT2D eigenvalue weighted by molar-refractivity contribution is 6.13. The van der Waals surface area contributed by atoms with Crippen molar-refractivity contribution in [2.45, 2.75) is 13.0 Å². The molecule has 0 bridgehead atoms. The van der Waals surface area contributed by atoms with Crippen molar-refractivity contribution in [3.8, 4) is 11.5 Å². The van der Waals surface area contributed by atoms with Crippen LogP contribution in [0.4, 0.5) is 0 Å². The lowest BCUT2D eigenvalue weighted by molar-refractivity contribution is 0.316. The second-order valence-electron chi connectivity index (χ2n) is 4.37. The highest BCUT2D eigenvalue weighted by Gasteiger charge is 2.25. The number of oxime groups is 1. The van der Waals surface area contributed by atoms with Gasteiger partial charge in [0.2, 0.25) is 0 Å². The first-order valence-electron chi connectivity index (χ1n) is 5.81. The number of aromatic hydroxyl groups is 1. The number of rotatable bonds is 1. The summed E-state index contributed by atoms with van der Waals surface area (Å²) in [6, 6.07) is 2.98. The van der Waals surface area contributed by atoms with Gasteiger partial charge >= 0.3 is 0 Å². The molecular weight excluding hydrogens is 248 g/mol. The predicted octanol–water partition coefficient (Wildman–Crippen LogP) is 1.30. The fourth-order valence-corrected chi connectivity index (χ4v) is 2.51. The van der Waals surface area contributed by atoms with E-state index in [1.54, 1.807) is 6.20 Å². The highest BCUT2D eigenvalue weighted by atomic mass is 16.5. The smallest absolute Gasteiger partial charge is 0.189 e. The number of nitrogens with zero attached hydrogens (tertiary/aromatic N) is 2. The summed E-state index contributed by atoms with van der Waals surface area (Å²) < 4.78 is 6.93. The molecule has 3 rings (SSSR count). The van der Waals surface area contributed by atoms with Gasteiger partial charge in [-0.1, -0.05) is 5.16 Å². The molecule has 1 aliphatic rings. The first kappa shape index (κ1) is 11.6. The van der Waals surface area contributed by atoms with Gasteiger partial charge in [-0.2, -0.15) is 0 Å². The number of phenols is 1. The first-order valence-corrected chi connectivity index (χ1v) is 5.81. The number of hydrogen-bond acceptors (Lipinski definition) is 5. The van der Waals surface area contributed by atoms with Crippen LogP contribution in [0.5, 0.6) is 11.5 Å². The van der Waals surface area contributed by atoms with Crippen LogP contribution in [0.3, 0.4) is 0 Å². The molecule has 0 saturated carbocycles. The van der Waals surface area contributed by atoms with Gasteiger partial charge in [0.1, 0.15) is 0 Å². The SMILES string of the molecule is COc1cc2c(=O)ccn3c2c(c1O)/C(=N/O)CC3. The Hall–Kier alpha value is -2.50. The summed E-state index contributed by atoms with van der Waals surface area (Å²) in [6.07, 6.45) is 2.15. The molecule has 6 nitrogen and oxygen atoms in total. The largest absolute Gasteiger partial charge is 0.504 e. The Bertz CT molecular complexity index is 761. The van der Waals surface area contributed by atoms with Crippen LogP contribution in [0.2, 0.25) is 0 Å². The minimum Gasteiger partial charge on any atom is -0.504 e. The summed E-state index contributed by atoms with van der Waals surface area (Å²) in [5.74, 6) is 0.0854.